The van der Waals surface area contributed by atoms with E-state index in [0.717, 1.165) is 22.8 Å². The van der Waals surface area contributed by atoms with E-state index >= 15 is 0 Å². The van der Waals surface area contributed by atoms with Crippen LogP contribution in [0.2, 0.25) is 0 Å². The van der Waals surface area contributed by atoms with Gasteiger partial charge in [0.05, 0.1) is 5.69 Å². The van der Waals surface area contributed by atoms with Gasteiger partial charge in [0.1, 0.15) is 0 Å². The zero-order valence-corrected chi connectivity index (χ0v) is 11.2. The zero-order chi connectivity index (χ0) is 13.2. The van der Waals surface area contributed by atoms with Crippen molar-refractivity contribution in [2.24, 2.45) is 0 Å². The van der Waals surface area contributed by atoms with Crippen molar-refractivity contribution in [2.75, 3.05) is 0 Å². The second-order valence-electron chi connectivity index (χ2n) is 4.31. The van der Waals surface area contributed by atoms with E-state index in [0.29, 0.717) is 5.82 Å². The van der Waals surface area contributed by atoms with Gasteiger partial charge < -0.3 is 0 Å². The van der Waals surface area contributed by atoms with Gasteiger partial charge in [-0.25, -0.2) is 4.57 Å². The fraction of sp³-hybridized carbons (Fsp3) is 0.0667. The van der Waals surface area contributed by atoms with E-state index in [1.54, 1.807) is 4.57 Å². The second kappa shape index (κ2) is 4.82. The number of aromatic nitrogens is 2. The van der Waals surface area contributed by atoms with Crippen LogP contribution in [-0.2, 0) is 0 Å². The summed E-state index contributed by atoms with van der Waals surface area (Å²) in [4.78, 5) is 12.0. The maximum absolute atomic E-state index is 12.0. The minimum Gasteiger partial charge on any atom is -0.255 e. The third kappa shape index (κ3) is 2.22. The molecule has 94 valence electrons. The Morgan fingerprint density at radius 3 is 2.37 bits per heavy atom. The van der Waals surface area contributed by atoms with E-state index in [1.165, 1.54) is 5.56 Å². The van der Waals surface area contributed by atoms with Gasteiger partial charge in [0.2, 0.25) is 0 Å². The lowest BCUT2D eigenvalue weighted by Crippen LogP contribution is -2.11. The smallest absolute Gasteiger partial charge is 0.255 e. The van der Waals surface area contributed by atoms with Crippen molar-refractivity contribution in [1.82, 2.24) is 8.94 Å². The second-order valence-corrected chi connectivity index (χ2v) is 5.02. The predicted molar refractivity (Wildman–Crippen MR) is 77.9 cm³/mol. The molecule has 2 aromatic carbocycles. The number of aryl methyl sites for hydroxylation is 1. The van der Waals surface area contributed by atoms with Gasteiger partial charge in [-0.15, -0.1) is 0 Å². The van der Waals surface area contributed by atoms with Crippen molar-refractivity contribution in [3.63, 3.8) is 0 Å². The summed E-state index contributed by atoms with van der Waals surface area (Å²) in [6, 6.07) is 17.6. The lowest BCUT2D eigenvalue weighted by molar-refractivity contribution is 1.03. The van der Waals surface area contributed by atoms with Gasteiger partial charge in [-0.2, -0.15) is 4.37 Å². The van der Waals surface area contributed by atoms with Crippen molar-refractivity contribution >= 4 is 11.5 Å². The van der Waals surface area contributed by atoms with Gasteiger partial charge in [-0.3, -0.25) is 4.79 Å². The molecule has 0 saturated heterocycles. The van der Waals surface area contributed by atoms with Crippen molar-refractivity contribution in [1.29, 1.82) is 0 Å². The van der Waals surface area contributed by atoms with Crippen molar-refractivity contribution in [3.8, 4) is 17.1 Å². The van der Waals surface area contributed by atoms with Crippen LogP contribution in [0, 0.1) is 6.92 Å². The first-order valence-electron chi connectivity index (χ1n) is 5.97. The summed E-state index contributed by atoms with van der Waals surface area (Å²) in [6.45, 7) is 2.02. The van der Waals surface area contributed by atoms with Crippen molar-refractivity contribution in [3.05, 3.63) is 69.8 Å². The molecule has 3 nitrogen and oxygen atoms in total. The Morgan fingerprint density at radius 1 is 1.00 bits per heavy atom. The molecule has 0 radical (unpaired) electrons. The largest absolute Gasteiger partial charge is 0.331 e. The third-order valence-electron chi connectivity index (χ3n) is 2.93. The summed E-state index contributed by atoms with van der Waals surface area (Å²) in [5.74, 6) is 0.694. The molecule has 19 heavy (non-hydrogen) atoms. The highest BCUT2D eigenvalue weighted by molar-refractivity contribution is 7.03. The van der Waals surface area contributed by atoms with Gasteiger partial charge in [0.25, 0.3) is 0 Å². The molecule has 0 N–H and O–H groups in total. The van der Waals surface area contributed by atoms with Crippen LogP contribution in [0.25, 0.3) is 17.1 Å². The molecule has 3 aromatic rings. The summed E-state index contributed by atoms with van der Waals surface area (Å²) in [6.07, 6.45) is 0. The van der Waals surface area contributed by atoms with Crippen LogP contribution in [0.4, 0.5) is 0 Å². The average molecular weight is 268 g/mol. The quantitative estimate of drug-likeness (QED) is 0.715. The molecule has 3 rings (SSSR count). The lowest BCUT2D eigenvalue weighted by Gasteiger charge is -2.06. The number of hydrogen-bond donors (Lipinski definition) is 0. The van der Waals surface area contributed by atoms with Gasteiger partial charge in [-0.1, -0.05) is 48.0 Å². The Labute approximate surface area is 115 Å². The highest BCUT2D eigenvalue weighted by atomic mass is 32.1. The van der Waals surface area contributed by atoms with E-state index in [1.807, 2.05) is 61.5 Å². The summed E-state index contributed by atoms with van der Waals surface area (Å²) >= 11 is 0.982. The molecule has 4 heteroatoms. The maximum atomic E-state index is 12.0. The van der Waals surface area contributed by atoms with E-state index in [2.05, 4.69) is 4.37 Å². The van der Waals surface area contributed by atoms with Crippen LogP contribution in [0.15, 0.2) is 59.4 Å². The molecule has 1 aromatic heterocycles. The Balaban J connectivity index is 2.19. The molecule has 1 heterocycles. The number of nitrogens with zero attached hydrogens (tertiary/aromatic N) is 2. The van der Waals surface area contributed by atoms with Crippen LogP contribution in [0.3, 0.4) is 0 Å². The molecule has 0 aliphatic carbocycles. The Hall–Kier alpha value is -2.20. The van der Waals surface area contributed by atoms with E-state index in [4.69, 9.17) is 0 Å². The molecule has 0 saturated carbocycles. The first kappa shape index (κ1) is 11.9. The topological polar surface area (TPSA) is 34.9 Å². The first-order chi connectivity index (χ1) is 9.25. The molecule has 0 bridgehead atoms. The number of hydrogen-bond acceptors (Lipinski definition) is 3. The molecule has 0 amide bonds. The van der Waals surface area contributed by atoms with Crippen LogP contribution in [0.5, 0.6) is 0 Å². The molecule has 0 fully saturated rings. The molecule has 0 unspecified atom stereocenters. The summed E-state index contributed by atoms with van der Waals surface area (Å²) in [5, 5.41) is 0. The van der Waals surface area contributed by atoms with Crippen molar-refractivity contribution in [2.45, 2.75) is 6.92 Å². The standard InChI is InChI=1S/C15H12N2OS/c1-11-7-9-13(10-8-11)17-14(16-19-15(17)18)12-5-3-2-4-6-12/h2-10H,1H3. The minimum atomic E-state index is -0.0669. The molecule has 0 aliphatic rings. The highest BCUT2D eigenvalue weighted by Crippen LogP contribution is 2.20. The Bertz CT molecular complexity index is 742. The summed E-state index contributed by atoms with van der Waals surface area (Å²) in [5.41, 5.74) is 2.96. The van der Waals surface area contributed by atoms with Gasteiger partial charge in [0.15, 0.2) is 5.82 Å². The molecular weight excluding hydrogens is 256 g/mol. The lowest BCUT2D eigenvalue weighted by atomic mass is 10.2. The van der Waals surface area contributed by atoms with E-state index in [9.17, 15) is 4.79 Å². The van der Waals surface area contributed by atoms with Crippen LogP contribution in [0.1, 0.15) is 5.56 Å². The van der Waals surface area contributed by atoms with Gasteiger partial charge in [-0.05, 0) is 19.1 Å². The Morgan fingerprint density at radius 2 is 1.68 bits per heavy atom. The molecule has 0 aliphatic heterocycles. The maximum Gasteiger partial charge on any atom is 0.331 e. The first-order valence-corrected chi connectivity index (χ1v) is 6.74. The fourth-order valence-electron chi connectivity index (χ4n) is 1.94. The third-order valence-corrected chi connectivity index (χ3v) is 3.53. The summed E-state index contributed by atoms with van der Waals surface area (Å²) in [7, 11) is 0. The van der Waals surface area contributed by atoms with Crippen molar-refractivity contribution < 1.29 is 0 Å². The fourth-order valence-corrected chi connectivity index (χ4v) is 2.57. The summed E-state index contributed by atoms with van der Waals surface area (Å²) < 4.78 is 5.93. The molecule has 0 atom stereocenters. The normalized spacial score (nSPS) is 10.6. The Kier molecular flexibility index (Phi) is 3.01. The van der Waals surface area contributed by atoms with Gasteiger partial charge in [0, 0.05) is 17.1 Å². The molecular formula is C15H12N2OS. The van der Waals surface area contributed by atoms with Crippen LogP contribution < -0.4 is 4.87 Å². The van der Waals surface area contributed by atoms with E-state index < -0.39 is 0 Å². The highest BCUT2D eigenvalue weighted by Gasteiger charge is 2.12. The number of rotatable bonds is 2. The monoisotopic (exact) mass is 268 g/mol. The predicted octanol–water partition coefficient (Wildman–Crippen LogP) is 3.27. The van der Waals surface area contributed by atoms with Gasteiger partial charge >= 0.3 is 4.87 Å². The van der Waals surface area contributed by atoms with Crippen LogP contribution >= 0.6 is 11.5 Å². The molecule has 0 spiro atoms. The van der Waals surface area contributed by atoms with Crippen LogP contribution in [-0.4, -0.2) is 8.94 Å². The zero-order valence-electron chi connectivity index (χ0n) is 10.4. The minimum absolute atomic E-state index is 0.0669. The average Bonchev–Trinajstić information content (AvgIpc) is 2.83. The SMILES string of the molecule is Cc1ccc(-n2c(-c3ccccc3)nsc2=O)cc1. The number of benzene rings is 2. The van der Waals surface area contributed by atoms with E-state index in [-0.39, 0.29) is 4.87 Å².